The number of hydrogen-bond acceptors (Lipinski definition) is 3. The minimum Gasteiger partial charge on any atom is -0.325 e. The first-order valence-electron chi connectivity index (χ1n) is 6.37. The number of hydrogen-bond donors (Lipinski definition) is 3. The number of fused-ring (bicyclic) bond motifs is 4. The number of aryl methyl sites for hydroxylation is 1. The second kappa shape index (κ2) is 3.47. The van der Waals surface area contributed by atoms with E-state index in [1.807, 2.05) is 25.1 Å². The topological polar surface area (TPSA) is 86.9 Å². The summed E-state index contributed by atoms with van der Waals surface area (Å²) >= 11 is 0. The molecule has 1 aromatic heterocycles. The number of H-pyrrole nitrogens is 1. The Morgan fingerprint density at radius 2 is 2.05 bits per heavy atom. The van der Waals surface area contributed by atoms with Crippen LogP contribution in [-0.2, 0) is 15.0 Å². The van der Waals surface area contributed by atoms with Gasteiger partial charge in [-0.15, -0.1) is 0 Å². The van der Waals surface area contributed by atoms with E-state index >= 15 is 0 Å². The van der Waals surface area contributed by atoms with E-state index in [1.165, 1.54) is 0 Å². The number of aromatic nitrogens is 2. The number of carbonyl (C=O) groups is 2. The average Bonchev–Trinajstić information content (AvgIpc) is 2.96. The van der Waals surface area contributed by atoms with Gasteiger partial charge < -0.3 is 10.6 Å². The number of nitrogens with one attached hydrogen (secondary N) is 3. The predicted octanol–water partition coefficient (Wildman–Crippen LogP) is 1.30. The van der Waals surface area contributed by atoms with E-state index in [1.54, 1.807) is 6.20 Å². The smallest absolute Gasteiger partial charge is 0.240 e. The van der Waals surface area contributed by atoms with Crippen molar-refractivity contribution in [3.63, 3.8) is 0 Å². The van der Waals surface area contributed by atoms with Crippen molar-refractivity contribution in [1.82, 2.24) is 10.2 Å². The number of amides is 2. The van der Waals surface area contributed by atoms with Crippen LogP contribution in [0, 0.1) is 6.92 Å². The minimum atomic E-state index is -0.966. The molecule has 100 valence electrons. The maximum absolute atomic E-state index is 12.6. The molecule has 0 fully saturated rings. The number of carbonyl (C=O) groups excluding carboxylic acids is 2. The first-order valence-corrected chi connectivity index (χ1v) is 6.37. The molecule has 2 aliphatic rings. The van der Waals surface area contributed by atoms with Gasteiger partial charge in [-0.1, -0.05) is 17.7 Å². The number of aromatic amines is 1. The SMILES string of the molecule is Cc1ccc2c(c1)[C@@]1(CC(=O)Nc3[nH]ncc31)C(=O)N2. The highest BCUT2D eigenvalue weighted by molar-refractivity contribution is 6.14. The van der Waals surface area contributed by atoms with Gasteiger partial charge in [-0.3, -0.25) is 14.7 Å². The first kappa shape index (κ1) is 11.2. The molecule has 4 rings (SSSR count). The molecule has 2 amide bonds. The van der Waals surface area contributed by atoms with Crippen LogP contribution in [0.2, 0.25) is 0 Å². The van der Waals surface area contributed by atoms with Crippen LogP contribution in [0.5, 0.6) is 0 Å². The molecule has 0 saturated carbocycles. The molecular weight excluding hydrogens is 256 g/mol. The monoisotopic (exact) mass is 268 g/mol. The second-order valence-electron chi connectivity index (χ2n) is 5.29. The first-order chi connectivity index (χ1) is 9.61. The van der Waals surface area contributed by atoms with Crippen LogP contribution in [0.3, 0.4) is 0 Å². The predicted molar refractivity (Wildman–Crippen MR) is 72.4 cm³/mol. The van der Waals surface area contributed by atoms with Crippen molar-refractivity contribution in [2.45, 2.75) is 18.8 Å². The second-order valence-corrected chi connectivity index (χ2v) is 5.29. The fourth-order valence-corrected chi connectivity index (χ4v) is 3.14. The Labute approximate surface area is 114 Å². The van der Waals surface area contributed by atoms with Gasteiger partial charge in [-0.05, 0) is 18.6 Å². The molecule has 0 radical (unpaired) electrons. The molecule has 0 unspecified atom stereocenters. The molecule has 1 aromatic carbocycles. The largest absolute Gasteiger partial charge is 0.325 e. The zero-order valence-corrected chi connectivity index (χ0v) is 10.8. The number of benzene rings is 1. The number of nitrogens with zero attached hydrogens (tertiary/aromatic N) is 1. The summed E-state index contributed by atoms with van der Waals surface area (Å²) < 4.78 is 0. The summed E-state index contributed by atoms with van der Waals surface area (Å²) in [5.74, 6) is 0.146. The van der Waals surface area contributed by atoms with Crippen LogP contribution in [-0.4, -0.2) is 22.0 Å². The molecule has 6 nitrogen and oxygen atoms in total. The molecule has 3 N–H and O–H groups in total. The van der Waals surface area contributed by atoms with E-state index in [9.17, 15) is 9.59 Å². The van der Waals surface area contributed by atoms with Gasteiger partial charge in [0.15, 0.2) is 0 Å². The van der Waals surface area contributed by atoms with Gasteiger partial charge in [0.1, 0.15) is 11.2 Å². The van der Waals surface area contributed by atoms with Gasteiger partial charge in [-0.2, -0.15) is 5.10 Å². The highest BCUT2D eigenvalue weighted by Gasteiger charge is 2.53. The summed E-state index contributed by atoms with van der Waals surface area (Å²) in [7, 11) is 0. The lowest BCUT2D eigenvalue weighted by atomic mass is 9.71. The quantitative estimate of drug-likeness (QED) is 0.673. The summed E-state index contributed by atoms with van der Waals surface area (Å²) in [4.78, 5) is 24.6. The molecule has 0 bridgehead atoms. The molecule has 2 aliphatic heterocycles. The fraction of sp³-hybridized carbons (Fsp3) is 0.214. The zero-order valence-electron chi connectivity index (χ0n) is 10.8. The van der Waals surface area contributed by atoms with Crippen LogP contribution < -0.4 is 10.6 Å². The molecule has 3 heterocycles. The minimum absolute atomic E-state index is 0.0990. The normalized spacial score (nSPS) is 23.2. The third-order valence-corrected chi connectivity index (χ3v) is 4.06. The third-order valence-electron chi connectivity index (χ3n) is 4.06. The van der Waals surface area contributed by atoms with E-state index < -0.39 is 5.41 Å². The Bertz CT molecular complexity index is 764. The Hall–Kier alpha value is -2.63. The van der Waals surface area contributed by atoms with E-state index in [0.717, 1.165) is 22.4 Å². The van der Waals surface area contributed by atoms with Crippen LogP contribution in [0.25, 0.3) is 0 Å². The molecule has 2 aromatic rings. The van der Waals surface area contributed by atoms with Gasteiger partial charge in [0.05, 0.1) is 6.20 Å². The Morgan fingerprint density at radius 3 is 2.90 bits per heavy atom. The molecule has 0 saturated heterocycles. The van der Waals surface area contributed by atoms with E-state index in [-0.39, 0.29) is 18.2 Å². The van der Waals surface area contributed by atoms with Crippen molar-refractivity contribution in [2.75, 3.05) is 10.6 Å². The summed E-state index contributed by atoms with van der Waals surface area (Å²) in [6, 6.07) is 5.78. The summed E-state index contributed by atoms with van der Waals surface area (Å²) in [6.07, 6.45) is 1.72. The average molecular weight is 268 g/mol. The van der Waals surface area contributed by atoms with Gasteiger partial charge in [0.25, 0.3) is 0 Å². The lowest BCUT2D eigenvalue weighted by Gasteiger charge is -2.30. The number of rotatable bonds is 0. The Morgan fingerprint density at radius 1 is 1.20 bits per heavy atom. The van der Waals surface area contributed by atoms with E-state index in [4.69, 9.17) is 0 Å². The van der Waals surface area contributed by atoms with Crippen molar-refractivity contribution in [1.29, 1.82) is 0 Å². The highest BCUT2D eigenvalue weighted by Crippen LogP contribution is 2.49. The molecular formula is C14H12N4O2. The molecule has 1 atom stereocenters. The lowest BCUT2D eigenvalue weighted by Crippen LogP contribution is -2.43. The summed E-state index contributed by atoms with van der Waals surface area (Å²) in [6.45, 7) is 1.97. The van der Waals surface area contributed by atoms with Gasteiger partial charge in [-0.25, -0.2) is 0 Å². The highest BCUT2D eigenvalue weighted by atomic mass is 16.2. The van der Waals surface area contributed by atoms with Gasteiger partial charge >= 0.3 is 0 Å². The third kappa shape index (κ3) is 1.20. The van der Waals surface area contributed by atoms with Crippen molar-refractivity contribution in [2.24, 2.45) is 0 Å². The lowest BCUT2D eigenvalue weighted by molar-refractivity contribution is -0.125. The summed E-state index contributed by atoms with van der Waals surface area (Å²) in [5.41, 5.74) is 2.42. The fourth-order valence-electron chi connectivity index (χ4n) is 3.14. The molecule has 20 heavy (non-hydrogen) atoms. The molecule has 0 aliphatic carbocycles. The summed E-state index contributed by atoms with van der Waals surface area (Å²) in [5, 5.41) is 12.3. The van der Waals surface area contributed by atoms with Crippen molar-refractivity contribution < 1.29 is 9.59 Å². The van der Waals surface area contributed by atoms with Crippen LogP contribution in [0.15, 0.2) is 24.4 Å². The van der Waals surface area contributed by atoms with E-state index in [0.29, 0.717) is 5.82 Å². The Kier molecular flexibility index (Phi) is 1.95. The standard InChI is InChI=1S/C14H12N4O2/c1-7-2-3-10-8(4-7)14(13(20)16-10)5-11(19)17-12-9(14)6-15-18-12/h2-4,6H,5H2,1H3,(H,16,20)(H2,15,17,18,19)/t14-/m1/s1. The van der Waals surface area contributed by atoms with Crippen LogP contribution >= 0.6 is 0 Å². The van der Waals surface area contributed by atoms with E-state index in [2.05, 4.69) is 20.8 Å². The number of anilines is 2. The molecule has 6 heteroatoms. The van der Waals surface area contributed by atoms with Gasteiger partial charge in [0.2, 0.25) is 11.8 Å². The van der Waals surface area contributed by atoms with Gasteiger partial charge in [0, 0.05) is 17.7 Å². The maximum atomic E-state index is 12.6. The van der Waals surface area contributed by atoms with Crippen molar-refractivity contribution in [3.05, 3.63) is 41.1 Å². The van der Waals surface area contributed by atoms with Crippen molar-refractivity contribution in [3.8, 4) is 0 Å². The molecule has 1 spiro atoms. The Balaban J connectivity index is 2.05. The maximum Gasteiger partial charge on any atom is 0.240 e. The van der Waals surface area contributed by atoms with Crippen LogP contribution in [0.4, 0.5) is 11.5 Å². The van der Waals surface area contributed by atoms with Crippen molar-refractivity contribution >= 4 is 23.3 Å². The zero-order chi connectivity index (χ0) is 13.9. The van der Waals surface area contributed by atoms with Crippen LogP contribution in [0.1, 0.15) is 23.1 Å².